The largest absolute Gasteiger partial charge is 0.481 e. The predicted octanol–water partition coefficient (Wildman–Crippen LogP) is 1.46. The van der Waals surface area contributed by atoms with Crippen molar-refractivity contribution in [1.82, 2.24) is 9.62 Å². The molecule has 26 heavy (non-hydrogen) atoms. The quantitative estimate of drug-likeness (QED) is 0.787. The van der Waals surface area contributed by atoms with Crippen LogP contribution in [0.1, 0.15) is 23.2 Å². The third-order valence-electron chi connectivity index (χ3n) is 3.92. The van der Waals surface area contributed by atoms with E-state index in [9.17, 15) is 31.2 Å². The maximum absolute atomic E-state index is 12.7. The smallest absolute Gasteiger partial charge is 0.405 e. The summed E-state index contributed by atoms with van der Waals surface area (Å²) in [6.07, 6.45) is -3.85. The van der Waals surface area contributed by atoms with Gasteiger partial charge in [-0.05, 0) is 31.0 Å². The molecule has 1 aromatic carbocycles. The number of nitrogens with zero attached hydrogens (tertiary/aromatic N) is 1. The minimum absolute atomic E-state index is 0.136. The molecule has 0 bridgehead atoms. The number of aliphatic carboxylic acids is 1. The van der Waals surface area contributed by atoms with Crippen molar-refractivity contribution in [3.05, 3.63) is 29.8 Å². The lowest BCUT2D eigenvalue weighted by Crippen LogP contribution is -2.42. The fourth-order valence-corrected chi connectivity index (χ4v) is 4.16. The molecule has 7 nitrogen and oxygen atoms in total. The summed E-state index contributed by atoms with van der Waals surface area (Å²) in [5.41, 5.74) is -0.234. The lowest BCUT2D eigenvalue weighted by molar-refractivity contribution is -0.142. The van der Waals surface area contributed by atoms with E-state index in [1.54, 1.807) is 5.32 Å². The SMILES string of the molecule is O=C(NCC(F)(F)F)c1cccc(S(=O)(=O)N2CCCC(C(=O)O)C2)c1. The fourth-order valence-electron chi connectivity index (χ4n) is 2.59. The maximum atomic E-state index is 12.7. The summed E-state index contributed by atoms with van der Waals surface area (Å²) in [5, 5.41) is 10.7. The van der Waals surface area contributed by atoms with Crippen LogP contribution in [-0.4, -0.2) is 55.5 Å². The second-order valence-electron chi connectivity index (χ2n) is 5.87. The van der Waals surface area contributed by atoms with Crippen molar-refractivity contribution in [2.45, 2.75) is 23.9 Å². The number of hydrogen-bond acceptors (Lipinski definition) is 4. The van der Waals surface area contributed by atoms with Crippen molar-refractivity contribution in [1.29, 1.82) is 0 Å². The number of carbonyl (C=O) groups excluding carboxylic acids is 1. The molecular weight excluding hydrogens is 377 g/mol. The number of sulfonamides is 1. The normalized spacial score (nSPS) is 19.1. The van der Waals surface area contributed by atoms with E-state index in [0.717, 1.165) is 10.4 Å². The van der Waals surface area contributed by atoms with E-state index in [2.05, 4.69) is 0 Å². The maximum Gasteiger partial charge on any atom is 0.405 e. The van der Waals surface area contributed by atoms with Gasteiger partial charge in [0.15, 0.2) is 0 Å². The molecule has 1 fully saturated rings. The van der Waals surface area contributed by atoms with Gasteiger partial charge in [0.05, 0.1) is 10.8 Å². The number of amides is 1. The first-order chi connectivity index (χ1) is 12.0. The number of rotatable bonds is 5. The average Bonchev–Trinajstić information content (AvgIpc) is 2.59. The van der Waals surface area contributed by atoms with Gasteiger partial charge >= 0.3 is 12.1 Å². The van der Waals surface area contributed by atoms with Crippen LogP contribution in [-0.2, 0) is 14.8 Å². The first kappa shape index (κ1) is 20.2. The number of benzene rings is 1. The van der Waals surface area contributed by atoms with Crippen LogP contribution < -0.4 is 5.32 Å². The van der Waals surface area contributed by atoms with Crippen molar-refractivity contribution in [2.75, 3.05) is 19.6 Å². The molecule has 1 aromatic rings. The van der Waals surface area contributed by atoms with Crippen LogP contribution in [0.3, 0.4) is 0 Å². The minimum atomic E-state index is -4.58. The molecule has 11 heteroatoms. The minimum Gasteiger partial charge on any atom is -0.481 e. The Balaban J connectivity index is 2.20. The Kier molecular flexibility index (Phi) is 5.91. The highest BCUT2D eigenvalue weighted by Crippen LogP contribution is 2.24. The zero-order valence-corrected chi connectivity index (χ0v) is 14.3. The van der Waals surface area contributed by atoms with E-state index in [0.29, 0.717) is 12.8 Å². The number of carbonyl (C=O) groups is 2. The number of piperidine rings is 1. The van der Waals surface area contributed by atoms with E-state index in [1.807, 2.05) is 0 Å². The third kappa shape index (κ3) is 4.94. The van der Waals surface area contributed by atoms with Crippen LogP contribution in [0.4, 0.5) is 13.2 Å². The monoisotopic (exact) mass is 394 g/mol. The van der Waals surface area contributed by atoms with Crippen molar-refractivity contribution < 1.29 is 36.3 Å². The van der Waals surface area contributed by atoms with Crippen molar-refractivity contribution >= 4 is 21.9 Å². The van der Waals surface area contributed by atoms with Gasteiger partial charge in [-0.1, -0.05) is 6.07 Å². The fraction of sp³-hybridized carbons (Fsp3) is 0.467. The molecule has 1 heterocycles. The zero-order valence-electron chi connectivity index (χ0n) is 13.5. The van der Waals surface area contributed by atoms with Crippen LogP contribution >= 0.6 is 0 Å². The van der Waals surface area contributed by atoms with Crippen LogP contribution in [0.15, 0.2) is 29.2 Å². The molecule has 1 atom stereocenters. The van der Waals surface area contributed by atoms with E-state index < -0.39 is 40.5 Å². The van der Waals surface area contributed by atoms with Crippen molar-refractivity contribution in [3.8, 4) is 0 Å². The molecule has 1 amide bonds. The number of halogens is 3. The molecule has 0 aromatic heterocycles. The summed E-state index contributed by atoms with van der Waals surface area (Å²) in [6, 6.07) is 4.63. The molecule has 2 N–H and O–H groups in total. The number of alkyl halides is 3. The van der Waals surface area contributed by atoms with Gasteiger partial charge in [-0.15, -0.1) is 0 Å². The number of hydrogen-bond donors (Lipinski definition) is 2. The van der Waals surface area contributed by atoms with Gasteiger partial charge in [0.25, 0.3) is 5.91 Å². The van der Waals surface area contributed by atoms with Gasteiger partial charge in [0.2, 0.25) is 10.0 Å². The van der Waals surface area contributed by atoms with Crippen molar-refractivity contribution in [3.63, 3.8) is 0 Å². The number of nitrogens with one attached hydrogen (secondary N) is 1. The molecule has 1 saturated heterocycles. The molecule has 1 aliphatic heterocycles. The van der Waals surface area contributed by atoms with Gasteiger partial charge in [-0.25, -0.2) is 8.42 Å². The first-order valence-electron chi connectivity index (χ1n) is 7.68. The second kappa shape index (κ2) is 7.62. The lowest BCUT2D eigenvalue weighted by atomic mass is 10.0. The molecule has 0 saturated carbocycles. The van der Waals surface area contributed by atoms with Crippen LogP contribution in [0.2, 0.25) is 0 Å². The van der Waals surface area contributed by atoms with E-state index >= 15 is 0 Å². The highest BCUT2D eigenvalue weighted by atomic mass is 32.2. The Morgan fingerprint density at radius 2 is 2.00 bits per heavy atom. The first-order valence-corrected chi connectivity index (χ1v) is 9.12. The highest BCUT2D eigenvalue weighted by molar-refractivity contribution is 7.89. The van der Waals surface area contributed by atoms with Crippen LogP contribution in [0.25, 0.3) is 0 Å². The predicted molar refractivity (Wildman–Crippen MR) is 83.9 cm³/mol. The average molecular weight is 394 g/mol. The van der Waals surface area contributed by atoms with E-state index in [-0.39, 0.29) is 23.5 Å². The summed E-state index contributed by atoms with van der Waals surface area (Å²) in [6.45, 7) is -1.59. The van der Waals surface area contributed by atoms with Crippen LogP contribution in [0, 0.1) is 5.92 Å². The van der Waals surface area contributed by atoms with Gasteiger partial charge in [0.1, 0.15) is 6.54 Å². The Morgan fingerprint density at radius 1 is 1.31 bits per heavy atom. The van der Waals surface area contributed by atoms with Gasteiger partial charge in [-0.2, -0.15) is 17.5 Å². The third-order valence-corrected chi connectivity index (χ3v) is 5.78. The second-order valence-corrected chi connectivity index (χ2v) is 7.80. The zero-order chi connectivity index (χ0) is 19.5. The van der Waals surface area contributed by atoms with Gasteiger partial charge in [0, 0.05) is 18.7 Å². The Morgan fingerprint density at radius 3 is 2.62 bits per heavy atom. The Labute approximate surface area is 147 Å². The molecule has 1 unspecified atom stereocenters. The molecule has 0 spiro atoms. The summed E-state index contributed by atoms with van der Waals surface area (Å²) in [5.74, 6) is -2.97. The molecule has 0 aliphatic carbocycles. The summed E-state index contributed by atoms with van der Waals surface area (Å²) < 4.78 is 62.9. The molecule has 2 rings (SSSR count). The molecule has 144 valence electrons. The molecule has 0 radical (unpaired) electrons. The van der Waals surface area contributed by atoms with Gasteiger partial charge < -0.3 is 10.4 Å². The van der Waals surface area contributed by atoms with E-state index in [1.165, 1.54) is 18.2 Å². The van der Waals surface area contributed by atoms with Gasteiger partial charge in [-0.3, -0.25) is 9.59 Å². The number of carboxylic acid groups (broad SMARTS) is 1. The lowest BCUT2D eigenvalue weighted by Gasteiger charge is -2.29. The number of carboxylic acids is 1. The Bertz CT molecular complexity index is 795. The molecular formula is C15H17F3N2O5S. The van der Waals surface area contributed by atoms with Crippen molar-refractivity contribution in [2.24, 2.45) is 5.92 Å². The standard InChI is InChI=1S/C15H17F3N2O5S/c16-15(17,18)9-19-13(21)10-3-1-5-12(7-10)26(24,25)20-6-2-4-11(8-20)14(22)23/h1,3,5,7,11H,2,4,6,8-9H2,(H,19,21)(H,22,23). The van der Waals surface area contributed by atoms with E-state index in [4.69, 9.17) is 5.11 Å². The summed E-state index contributed by atoms with van der Waals surface area (Å²) in [7, 11) is -4.06. The highest BCUT2D eigenvalue weighted by Gasteiger charge is 2.33. The summed E-state index contributed by atoms with van der Waals surface area (Å²) in [4.78, 5) is 22.6. The topological polar surface area (TPSA) is 104 Å². The van der Waals surface area contributed by atoms with Crippen LogP contribution in [0.5, 0.6) is 0 Å². The summed E-state index contributed by atoms with van der Waals surface area (Å²) >= 11 is 0. The Hall–Kier alpha value is -2.14. The molecule has 1 aliphatic rings.